The summed E-state index contributed by atoms with van der Waals surface area (Å²) in [6.45, 7) is 5.51. The third-order valence-electron chi connectivity index (χ3n) is 4.49. The normalized spacial score (nSPS) is 12.5. The van der Waals surface area contributed by atoms with Crippen LogP contribution in [0, 0.1) is 13.8 Å². The molecule has 1 amide bonds. The molecular weight excluding hydrogens is 411 g/mol. The number of hydrogen-bond acceptors (Lipinski definition) is 4. The number of carbonyl (C=O) groups excluding carboxylic acids is 1. The summed E-state index contributed by atoms with van der Waals surface area (Å²) in [4.78, 5) is 20.4. The summed E-state index contributed by atoms with van der Waals surface area (Å²) in [7, 11) is 0. The number of aromatic nitrogens is 2. The van der Waals surface area contributed by atoms with Gasteiger partial charge in [-0.05, 0) is 50.1 Å². The number of alkyl halides is 3. The molecule has 3 aromatic rings. The number of benzene rings is 2. The first-order chi connectivity index (χ1) is 14.1. The van der Waals surface area contributed by atoms with Crippen molar-refractivity contribution in [2.45, 2.75) is 37.4 Å². The number of halogens is 3. The van der Waals surface area contributed by atoms with E-state index in [4.69, 9.17) is 0 Å². The van der Waals surface area contributed by atoms with Gasteiger partial charge in [-0.25, -0.2) is 9.97 Å². The van der Waals surface area contributed by atoms with E-state index in [1.807, 2.05) is 26.0 Å². The summed E-state index contributed by atoms with van der Waals surface area (Å²) in [6.07, 6.45) is -4.62. The van der Waals surface area contributed by atoms with E-state index in [9.17, 15) is 18.0 Å². The molecule has 0 saturated carbocycles. The predicted molar refractivity (Wildman–Crippen MR) is 112 cm³/mol. The maximum absolute atomic E-state index is 13.3. The Morgan fingerprint density at radius 3 is 2.33 bits per heavy atom. The highest BCUT2D eigenvalue weighted by Gasteiger charge is 2.34. The highest BCUT2D eigenvalue weighted by molar-refractivity contribution is 8.00. The number of nitrogens with one attached hydrogen (secondary N) is 1. The predicted octanol–water partition coefficient (Wildman–Crippen LogP) is 5.90. The standard InChI is InChI=1S/C22H20F3N3OS/c1-13-9-10-17(11-14(13)2)26-20(29)15(3)30-21-27-18(16-7-5-4-6-8-16)12-19(28-21)22(23,24)25/h4-12,15H,1-3H3,(H,26,29)/t15-/m0/s1. The SMILES string of the molecule is Cc1ccc(NC(=O)[C@H](C)Sc2nc(-c3ccccc3)cc(C(F)(F)F)n2)cc1C. The summed E-state index contributed by atoms with van der Waals surface area (Å²) in [5, 5.41) is 1.98. The fourth-order valence-electron chi connectivity index (χ4n) is 2.65. The van der Waals surface area contributed by atoms with Gasteiger partial charge in [0.15, 0.2) is 5.16 Å². The van der Waals surface area contributed by atoms with Crippen molar-refractivity contribution in [2.24, 2.45) is 0 Å². The highest BCUT2D eigenvalue weighted by atomic mass is 32.2. The van der Waals surface area contributed by atoms with Crippen LogP contribution in [0.1, 0.15) is 23.7 Å². The maximum Gasteiger partial charge on any atom is 0.433 e. The van der Waals surface area contributed by atoms with Gasteiger partial charge in [0.2, 0.25) is 5.91 Å². The number of rotatable bonds is 5. The molecule has 0 saturated heterocycles. The second-order valence-electron chi connectivity index (χ2n) is 6.83. The van der Waals surface area contributed by atoms with Crippen LogP contribution in [0.2, 0.25) is 0 Å². The fraction of sp³-hybridized carbons (Fsp3) is 0.227. The van der Waals surface area contributed by atoms with Crippen molar-refractivity contribution in [3.05, 3.63) is 71.4 Å². The van der Waals surface area contributed by atoms with Gasteiger partial charge in [-0.2, -0.15) is 13.2 Å². The molecule has 0 fully saturated rings. The molecule has 1 aromatic heterocycles. The van der Waals surface area contributed by atoms with Crippen LogP contribution in [0.4, 0.5) is 18.9 Å². The Morgan fingerprint density at radius 2 is 1.70 bits per heavy atom. The molecule has 3 rings (SSSR count). The van der Waals surface area contributed by atoms with E-state index in [-0.39, 0.29) is 16.8 Å². The summed E-state index contributed by atoms with van der Waals surface area (Å²) in [6, 6.07) is 15.0. The van der Waals surface area contributed by atoms with Crippen molar-refractivity contribution in [3.8, 4) is 11.3 Å². The lowest BCUT2D eigenvalue weighted by Crippen LogP contribution is -2.23. The van der Waals surface area contributed by atoms with Gasteiger partial charge in [0.25, 0.3) is 0 Å². The van der Waals surface area contributed by atoms with Crippen molar-refractivity contribution >= 4 is 23.4 Å². The molecule has 0 bridgehead atoms. The van der Waals surface area contributed by atoms with E-state index >= 15 is 0 Å². The first kappa shape index (κ1) is 21.8. The maximum atomic E-state index is 13.3. The fourth-order valence-corrected chi connectivity index (χ4v) is 3.44. The molecule has 0 aliphatic carbocycles. The third-order valence-corrected chi connectivity index (χ3v) is 5.45. The Balaban J connectivity index is 1.83. The number of anilines is 1. The number of amides is 1. The van der Waals surface area contributed by atoms with Crippen molar-refractivity contribution in [1.82, 2.24) is 9.97 Å². The van der Waals surface area contributed by atoms with Crippen LogP contribution in [0.3, 0.4) is 0 Å². The average molecular weight is 431 g/mol. The van der Waals surface area contributed by atoms with Crippen LogP contribution in [0.25, 0.3) is 11.3 Å². The second-order valence-corrected chi connectivity index (χ2v) is 8.14. The zero-order valence-electron chi connectivity index (χ0n) is 16.6. The largest absolute Gasteiger partial charge is 0.433 e. The molecule has 1 N–H and O–H groups in total. The molecular formula is C22H20F3N3OS. The van der Waals surface area contributed by atoms with E-state index in [0.717, 1.165) is 29.0 Å². The van der Waals surface area contributed by atoms with E-state index in [1.165, 1.54) is 0 Å². The van der Waals surface area contributed by atoms with Crippen LogP contribution >= 0.6 is 11.8 Å². The van der Waals surface area contributed by atoms with E-state index in [2.05, 4.69) is 15.3 Å². The highest BCUT2D eigenvalue weighted by Crippen LogP contribution is 2.33. The topological polar surface area (TPSA) is 54.9 Å². The Hall–Kier alpha value is -2.87. The van der Waals surface area contributed by atoms with Crippen LogP contribution in [0.15, 0.2) is 59.8 Å². The van der Waals surface area contributed by atoms with Crippen molar-refractivity contribution < 1.29 is 18.0 Å². The molecule has 4 nitrogen and oxygen atoms in total. The Morgan fingerprint density at radius 1 is 1.00 bits per heavy atom. The monoisotopic (exact) mass is 431 g/mol. The molecule has 0 spiro atoms. The first-order valence-corrected chi connectivity index (χ1v) is 10.1. The van der Waals surface area contributed by atoms with Gasteiger partial charge >= 0.3 is 6.18 Å². The van der Waals surface area contributed by atoms with Crippen LogP contribution in [-0.4, -0.2) is 21.1 Å². The molecule has 0 aliphatic rings. The lowest BCUT2D eigenvalue weighted by Gasteiger charge is -2.14. The smallest absolute Gasteiger partial charge is 0.325 e. The van der Waals surface area contributed by atoms with E-state index in [0.29, 0.717) is 11.3 Å². The lowest BCUT2D eigenvalue weighted by atomic mass is 10.1. The minimum atomic E-state index is -4.62. The average Bonchev–Trinajstić information content (AvgIpc) is 2.70. The van der Waals surface area contributed by atoms with Gasteiger partial charge in [-0.3, -0.25) is 4.79 Å². The summed E-state index contributed by atoms with van der Waals surface area (Å²) in [5.41, 5.74) is 2.41. The molecule has 1 heterocycles. The van der Waals surface area contributed by atoms with Gasteiger partial charge in [-0.15, -0.1) is 0 Å². The molecule has 0 radical (unpaired) electrons. The number of nitrogens with zero attached hydrogens (tertiary/aromatic N) is 2. The van der Waals surface area contributed by atoms with Crippen molar-refractivity contribution in [2.75, 3.05) is 5.32 Å². The third kappa shape index (κ3) is 5.38. The molecule has 0 aliphatic heterocycles. The Kier molecular flexibility index (Phi) is 6.45. The van der Waals surface area contributed by atoms with Gasteiger partial charge < -0.3 is 5.32 Å². The molecule has 2 aromatic carbocycles. The molecule has 0 unspecified atom stereocenters. The number of aryl methyl sites for hydroxylation is 2. The van der Waals surface area contributed by atoms with Gasteiger partial charge in [-0.1, -0.05) is 48.2 Å². The lowest BCUT2D eigenvalue weighted by molar-refractivity contribution is -0.141. The second kappa shape index (κ2) is 8.87. The summed E-state index contributed by atoms with van der Waals surface area (Å²) < 4.78 is 40.0. The quantitative estimate of drug-likeness (QED) is 0.404. The molecule has 30 heavy (non-hydrogen) atoms. The number of carbonyl (C=O) groups is 1. The van der Waals surface area contributed by atoms with Crippen LogP contribution in [0.5, 0.6) is 0 Å². The zero-order valence-corrected chi connectivity index (χ0v) is 17.4. The Bertz CT molecular complexity index is 1060. The molecule has 8 heteroatoms. The minimum absolute atomic E-state index is 0.105. The van der Waals surface area contributed by atoms with E-state index in [1.54, 1.807) is 43.3 Å². The first-order valence-electron chi connectivity index (χ1n) is 9.20. The molecule has 1 atom stereocenters. The summed E-state index contributed by atoms with van der Waals surface area (Å²) >= 11 is 0.883. The van der Waals surface area contributed by atoms with Crippen molar-refractivity contribution in [1.29, 1.82) is 0 Å². The Labute approximate surface area is 177 Å². The van der Waals surface area contributed by atoms with E-state index < -0.39 is 17.1 Å². The van der Waals surface area contributed by atoms with Gasteiger partial charge in [0.05, 0.1) is 10.9 Å². The van der Waals surface area contributed by atoms with Crippen LogP contribution in [-0.2, 0) is 11.0 Å². The van der Waals surface area contributed by atoms with Crippen molar-refractivity contribution in [3.63, 3.8) is 0 Å². The minimum Gasteiger partial charge on any atom is -0.325 e. The van der Waals surface area contributed by atoms with Gasteiger partial charge in [0, 0.05) is 11.3 Å². The zero-order chi connectivity index (χ0) is 21.9. The van der Waals surface area contributed by atoms with Gasteiger partial charge in [0.1, 0.15) is 5.69 Å². The summed E-state index contributed by atoms with van der Waals surface area (Å²) in [5.74, 6) is -0.342. The number of hydrogen-bond donors (Lipinski definition) is 1. The molecule has 156 valence electrons. The number of thioether (sulfide) groups is 1. The van der Waals surface area contributed by atoms with Crippen LogP contribution < -0.4 is 5.32 Å².